The van der Waals surface area contributed by atoms with Crippen LogP contribution in [0.1, 0.15) is 59.3 Å². The molecule has 1 amide bonds. The molecule has 0 unspecified atom stereocenters. The first-order chi connectivity index (χ1) is 8.87. The van der Waals surface area contributed by atoms with Gasteiger partial charge in [-0.3, -0.25) is 0 Å². The van der Waals surface area contributed by atoms with Crippen LogP contribution in [-0.2, 0) is 4.74 Å². The van der Waals surface area contributed by atoms with Crippen molar-refractivity contribution in [3.63, 3.8) is 0 Å². The van der Waals surface area contributed by atoms with E-state index in [1.807, 2.05) is 25.7 Å². The third-order valence-corrected chi connectivity index (χ3v) is 4.23. The summed E-state index contributed by atoms with van der Waals surface area (Å²) in [6.07, 6.45) is 6.66. The summed E-state index contributed by atoms with van der Waals surface area (Å²) in [6.45, 7) is 6.61. The molecule has 2 rings (SSSR count). The molecule has 1 heterocycles. The fraction of sp³-hybridized carbons (Fsp3) is 0.933. The van der Waals surface area contributed by atoms with E-state index >= 15 is 0 Å². The van der Waals surface area contributed by atoms with Crippen molar-refractivity contribution in [3.05, 3.63) is 0 Å². The number of amides is 1. The van der Waals surface area contributed by atoms with Gasteiger partial charge in [0.1, 0.15) is 5.60 Å². The lowest BCUT2D eigenvalue weighted by Gasteiger charge is -2.36. The number of nitrogens with zero attached hydrogens (tertiary/aromatic N) is 1. The van der Waals surface area contributed by atoms with Gasteiger partial charge in [-0.2, -0.15) is 0 Å². The summed E-state index contributed by atoms with van der Waals surface area (Å²) < 4.78 is 5.53. The highest BCUT2D eigenvalue weighted by Crippen LogP contribution is 2.34. The molecule has 2 fully saturated rings. The fourth-order valence-corrected chi connectivity index (χ4v) is 3.45. The third-order valence-electron chi connectivity index (χ3n) is 4.23. The fourth-order valence-electron chi connectivity index (χ4n) is 3.45. The van der Waals surface area contributed by atoms with E-state index in [1.165, 1.54) is 12.8 Å². The van der Waals surface area contributed by atoms with E-state index in [1.54, 1.807) is 0 Å². The van der Waals surface area contributed by atoms with Crippen molar-refractivity contribution in [3.8, 4) is 0 Å². The Bertz CT molecular complexity index is 325. The zero-order valence-electron chi connectivity index (χ0n) is 12.5. The Kier molecular flexibility index (Phi) is 4.39. The summed E-state index contributed by atoms with van der Waals surface area (Å²) >= 11 is 0. The van der Waals surface area contributed by atoms with E-state index in [-0.39, 0.29) is 6.09 Å². The third kappa shape index (κ3) is 3.85. The standard InChI is InChI=1S/C15H28N2O2/c1-15(2,3)19-14(18)17-9-5-8-13(17)11-6-4-7-12(16)10-11/h11-13H,4-10,16H2,1-3H3/t11-,12+,13+/m1/s1. The van der Waals surface area contributed by atoms with Gasteiger partial charge in [0.05, 0.1) is 0 Å². The minimum Gasteiger partial charge on any atom is -0.444 e. The van der Waals surface area contributed by atoms with E-state index in [0.29, 0.717) is 18.0 Å². The Morgan fingerprint density at radius 3 is 2.58 bits per heavy atom. The van der Waals surface area contributed by atoms with E-state index in [2.05, 4.69) is 0 Å². The maximum absolute atomic E-state index is 12.3. The molecular formula is C15H28N2O2. The highest BCUT2D eigenvalue weighted by molar-refractivity contribution is 5.69. The average molecular weight is 268 g/mol. The first kappa shape index (κ1) is 14.6. The summed E-state index contributed by atoms with van der Waals surface area (Å²) in [5.74, 6) is 0.568. The van der Waals surface area contributed by atoms with Crippen LogP contribution in [0.15, 0.2) is 0 Å². The lowest BCUT2D eigenvalue weighted by molar-refractivity contribution is 0.0152. The number of rotatable bonds is 1. The number of hydrogen-bond donors (Lipinski definition) is 1. The molecule has 4 nitrogen and oxygen atoms in total. The first-order valence-electron chi connectivity index (χ1n) is 7.62. The zero-order chi connectivity index (χ0) is 14.0. The second kappa shape index (κ2) is 5.70. The Balaban J connectivity index is 1.98. The van der Waals surface area contributed by atoms with Gasteiger partial charge in [0.2, 0.25) is 0 Å². The van der Waals surface area contributed by atoms with Crippen LogP contribution in [0.25, 0.3) is 0 Å². The Labute approximate surface area is 116 Å². The van der Waals surface area contributed by atoms with Crippen molar-refractivity contribution in [1.82, 2.24) is 4.90 Å². The topological polar surface area (TPSA) is 55.6 Å². The largest absolute Gasteiger partial charge is 0.444 e. The second-order valence-electron chi connectivity index (χ2n) is 7.07. The minimum atomic E-state index is -0.410. The summed E-state index contributed by atoms with van der Waals surface area (Å²) in [4.78, 5) is 14.2. The second-order valence-corrected chi connectivity index (χ2v) is 7.07. The van der Waals surface area contributed by atoms with Crippen molar-refractivity contribution in [2.45, 2.75) is 77.0 Å². The molecular weight excluding hydrogens is 240 g/mol. The molecule has 1 aliphatic heterocycles. The predicted octanol–water partition coefficient (Wildman–Crippen LogP) is 2.90. The van der Waals surface area contributed by atoms with E-state index < -0.39 is 5.60 Å². The van der Waals surface area contributed by atoms with Gasteiger partial charge in [-0.05, 0) is 58.8 Å². The number of carbonyl (C=O) groups excluding carboxylic acids is 1. The molecule has 19 heavy (non-hydrogen) atoms. The van der Waals surface area contributed by atoms with Crippen molar-refractivity contribution < 1.29 is 9.53 Å². The summed E-state index contributed by atoms with van der Waals surface area (Å²) in [6, 6.07) is 0.668. The van der Waals surface area contributed by atoms with Crippen molar-refractivity contribution >= 4 is 6.09 Å². The molecule has 0 spiro atoms. The van der Waals surface area contributed by atoms with Gasteiger partial charge >= 0.3 is 6.09 Å². The molecule has 110 valence electrons. The lowest BCUT2D eigenvalue weighted by Crippen LogP contribution is -2.45. The monoisotopic (exact) mass is 268 g/mol. The van der Waals surface area contributed by atoms with Gasteiger partial charge in [-0.15, -0.1) is 0 Å². The van der Waals surface area contributed by atoms with Gasteiger partial charge in [-0.25, -0.2) is 4.79 Å². The van der Waals surface area contributed by atoms with Gasteiger partial charge in [-0.1, -0.05) is 6.42 Å². The Morgan fingerprint density at radius 2 is 1.95 bits per heavy atom. The zero-order valence-corrected chi connectivity index (χ0v) is 12.5. The molecule has 0 aromatic carbocycles. The van der Waals surface area contributed by atoms with Crippen LogP contribution < -0.4 is 5.73 Å². The summed E-state index contributed by atoms with van der Waals surface area (Å²) in [5.41, 5.74) is 5.67. The molecule has 1 saturated carbocycles. The van der Waals surface area contributed by atoms with Crippen LogP contribution in [0.2, 0.25) is 0 Å². The maximum Gasteiger partial charge on any atom is 0.410 e. The highest BCUT2D eigenvalue weighted by Gasteiger charge is 2.38. The quantitative estimate of drug-likeness (QED) is 0.795. The molecule has 0 aromatic rings. The molecule has 0 radical (unpaired) electrons. The van der Waals surface area contributed by atoms with Crippen molar-refractivity contribution in [1.29, 1.82) is 0 Å². The highest BCUT2D eigenvalue weighted by atomic mass is 16.6. The molecule has 2 N–H and O–H groups in total. The summed E-state index contributed by atoms with van der Waals surface area (Å²) in [5, 5.41) is 0. The van der Waals surface area contributed by atoms with Gasteiger partial charge < -0.3 is 15.4 Å². The molecule has 2 aliphatic rings. The maximum atomic E-state index is 12.3. The van der Waals surface area contributed by atoms with Crippen LogP contribution in [0.3, 0.4) is 0 Å². The Morgan fingerprint density at radius 1 is 1.21 bits per heavy atom. The molecule has 3 atom stereocenters. The van der Waals surface area contributed by atoms with Crippen molar-refractivity contribution in [2.75, 3.05) is 6.54 Å². The van der Waals surface area contributed by atoms with Crippen molar-refractivity contribution in [2.24, 2.45) is 11.7 Å². The van der Waals surface area contributed by atoms with E-state index in [9.17, 15) is 4.79 Å². The molecule has 4 heteroatoms. The molecule has 1 saturated heterocycles. The average Bonchev–Trinajstić information content (AvgIpc) is 2.75. The number of hydrogen-bond acceptors (Lipinski definition) is 3. The molecule has 1 aliphatic carbocycles. The first-order valence-corrected chi connectivity index (χ1v) is 7.62. The normalized spacial score (nSPS) is 32.4. The van der Waals surface area contributed by atoms with E-state index in [4.69, 9.17) is 10.5 Å². The van der Waals surface area contributed by atoms with Crippen LogP contribution in [0.4, 0.5) is 4.79 Å². The summed E-state index contributed by atoms with van der Waals surface area (Å²) in [7, 11) is 0. The van der Waals surface area contributed by atoms with E-state index in [0.717, 1.165) is 32.2 Å². The van der Waals surface area contributed by atoms with Crippen LogP contribution >= 0.6 is 0 Å². The SMILES string of the molecule is CC(C)(C)OC(=O)N1CCC[C@H]1[C@@H]1CCC[C@H](N)C1. The predicted molar refractivity (Wildman–Crippen MR) is 75.9 cm³/mol. The molecule has 0 aromatic heterocycles. The van der Waals surface area contributed by atoms with Crippen LogP contribution in [0, 0.1) is 5.92 Å². The number of carbonyl (C=O) groups is 1. The smallest absolute Gasteiger partial charge is 0.410 e. The van der Waals surface area contributed by atoms with Gasteiger partial charge in [0.15, 0.2) is 0 Å². The van der Waals surface area contributed by atoms with Crippen LogP contribution in [0.5, 0.6) is 0 Å². The minimum absolute atomic E-state index is 0.144. The lowest BCUT2D eigenvalue weighted by atomic mass is 9.80. The number of ether oxygens (including phenoxy) is 1. The van der Waals surface area contributed by atoms with Crippen LogP contribution in [-0.4, -0.2) is 35.2 Å². The number of likely N-dealkylation sites (tertiary alicyclic amines) is 1. The Hall–Kier alpha value is -0.770. The van der Waals surface area contributed by atoms with Gasteiger partial charge in [0.25, 0.3) is 0 Å². The molecule has 0 bridgehead atoms. The number of nitrogens with two attached hydrogens (primary N) is 1. The van der Waals surface area contributed by atoms with Gasteiger partial charge in [0, 0.05) is 18.6 Å².